The molecule has 0 saturated carbocycles. The Kier molecular flexibility index (Phi) is 5.26. The number of benzene rings is 1. The van der Waals surface area contributed by atoms with Gasteiger partial charge in [-0.25, -0.2) is 4.39 Å². The monoisotopic (exact) mass is 292 g/mol. The number of halogens is 3. The molecule has 0 spiro atoms. The molecule has 1 aromatic carbocycles. The molecule has 0 aliphatic heterocycles. The Labute approximate surface area is 102 Å². The molecule has 1 nitrogen and oxygen atoms in total. The minimum atomic E-state index is -0.321. The number of hydrogen-bond acceptors (Lipinski definition) is 1. The van der Waals surface area contributed by atoms with E-state index in [-0.39, 0.29) is 18.0 Å². The topological polar surface area (TPSA) is 17.1 Å². The van der Waals surface area contributed by atoms with Gasteiger partial charge in [-0.1, -0.05) is 15.9 Å². The maximum Gasteiger partial charge on any atom is 0.137 e. The second kappa shape index (κ2) is 6.23. The van der Waals surface area contributed by atoms with Gasteiger partial charge in [0.25, 0.3) is 0 Å². The van der Waals surface area contributed by atoms with Crippen molar-refractivity contribution in [2.45, 2.75) is 19.3 Å². The molecular weight excluding hydrogens is 282 g/mol. The van der Waals surface area contributed by atoms with Crippen LogP contribution in [-0.4, -0.2) is 11.7 Å². The number of rotatable bonds is 5. The second-order valence-corrected chi connectivity index (χ2v) is 4.48. The van der Waals surface area contributed by atoms with Crippen molar-refractivity contribution in [1.29, 1.82) is 0 Å². The highest BCUT2D eigenvalue weighted by molar-refractivity contribution is 9.10. The fourth-order valence-electron chi connectivity index (χ4n) is 1.24. The van der Waals surface area contributed by atoms with Crippen LogP contribution >= 0.6 is 27.5 Å². The lowest BCUT2D eigenvalue weighted by Crippen LogP contribution is -2.03. The van der Waals surface area contributed by atoms with E-state index >= 15 is 0 Å². The molecule has 0 unspecified atom stereocenters. The third-order valence-electron chi connectivity index (χ3n) is 1.98. The summed E-state index contributed by atoms with van der Waals surface area (Å²) >= 11 is 8.77. The first-order chi connectivity index (χ1) is 7.13. The van der Waals surface area contributed by atoms with Crippen molar-refractivity contribution in [2.24, 2.45) is 0 Å². The largest absolute Gasteiger partial charge is 0.299 e. The van der Waals surface area contributed by atoms with Crippen LogP contribution in [0.3, 0.4) is 0 Å². The Bertz CT molecular complexity index is 354. The third-order valence-corrected chi connectivity index (χ3v) is 3.03. The molecular formula is C11H11BrClFO. The fraction of sp³-hybridized carbons (Fsp3) is 0.364. The highest BCUT2D eigenvalue weighted by atomic mass is 79.9. The Balaban J connectivity index is 2.63. The Morgan fingerprint density at radius 2 is 2.20 bits per heavy atom. The molecule has 0 saturated heterocycles. The van der Waals surface area contributed by atoms with Crippen molar-refractivity contribution in [3.63, 3.8) is 0 Å². The molecule has 0 fully saturated rings. The van der Waals surface area contributed by atoms with Crippen LogP contribution in [-0.2, 0) is 11.2 Å². The molecule has 0 aliphatic rings. The Morgan fingerprint density at radius 3 is 2.87 bits per heavy atom. The molecule has 0 amide bonds. The lowest BCUT2D eigenvalue weighted by Gasteiger charge is -2.03. The van der Waals surface area contributed by atoms with Gasteiger partial charge < -0.3 is 0 Å². The van der Waals surface area contributed by atoms with Gasteiger partial charge in [-0.15, -0.1) is 11.6 Å². The number of carbonyl (C=O) groups is 1. The lowest BCUT2D eigenvalue weighted by molar-refractivity contribution is -0.118. The minimum absolute atomic E-state index is 0.0851. The van der Waals surface area contributed by atoms with Crippen LogP contribution in [0, 0.1) is 5.82 Å². The molecule has 0 atom stereocenters. The van der Waals surface area contributed by atoms with E-state index < -0.39 is 0 Å². The summed E-state index contributed by atoms with van der Waals surface area (Å²) in [4.78, 5) is 11.4. The summed E-state index contributed by atoms with van der Waals surface area (Å²) in [5.74, 6) is 0.246. The van der Waals surface area contributed by atoms with E-state index in [2.05, 4.69) is 15.9 Å². The first-order valence-electron chi connectivity index (χ1n) is 4.65. The van der Waals surface area contributed by atoms with Gasteiger partial charge in [0.1, 0.15) is 11.6 Å². The van der Waals surface area contributed by atoms with E-state index in [0.29, 0.717) is 24.3 Å². The van der Waals surface area contributed by atoms with Crippen molar-refractivity contribution in [1.82, 2.24) is 0 Å². The molecule has 0 aromatic heterocycles. The van der Waals surface area contributed by atoms with E-state index in [1.165, 1.54) is 12.1 Å². The number of hydrogen-bond donors (Lipinski definition) is 0. The Morgan fingerprint density at radius 1 is 1.47 bits per heavy atom. The van der Waals surface area contributed by atoms with Crippen LogP contribution < -0.4 is 0 Å². The molecule has 0 heterocycles. The lowest BCUT2D eigenvalue weighted by atomic mass is 10.1. The molecule has 1 aromatic rings. The number of carbonyl (C=O) groups excluding carboxylic acids is 1. The van der Waals surface area contributed by atoms with E-state index in [9.17, 15) is 9.18 Å². The maximum absolute atomic E-state index is 12.9. The summed E-state index contributed by atoms with van der Waals surface area (Å²) in [5.41, 5.74) is 0.689. The van der Waals surface area contributed by atoms with Crippen LogP contribution in [0.4, 0.5) is 4.39 Å². The van der Waals surface area contributed by atoms with Crippen molar-refractivity contribution in [3.8, 4) is 0 Å². The molecule has 0 bridgehead atoms. The van der Waals surface area contributed by atoms with E-state index in [4.69, 9.17) is 11.6 Å². The van der Waals surface area contributed by atoms with E-state index in [0.717, 1.165) is 4.47 Å². The van der Waals surface area contributed by atoms with Gasteiger partial charge in [0.05, 0.1) is 0 Å². The van der Waals surface area contributed by atoms with Gasteiger partial charge in [-0.2, -0.15) is 0 Å². The van der Waals surface area contributed by atoms with Gasteiger partial charge in [0, 0.05) is 23.2 Å². The number of alkyl halides is 1. The van der Waals surface area contributed by atoms with Crippen LogP contribution in [0.5, 0.6) is 0 Å². The predicted octanol–water partition coefficient (Wildman–Crippen LogP) is 3.72. The maximum atomic E-state index is 12.9. The van der Waals surface area contributed by atoms with Crippen molar-refractivity contribution < 1.29 is 9.18 Å². The average Bonchev–Trinajstić information content (AvgIpc) is 2.20. The normalized spacial score (nSPS) is 10.3. The van der Waals surface area contributed by atoms with Crippen LogP contribution in [0.2, 0.25) is 0 Å². The SMILES string of the molecule is O=C(CCCCl)Cc1cc(F)ccc1Br. The zero-order valence-electron chi connectivity index (χ0n) is 8.10. The minimum Gasteiger partial charge on any atom is -0.299 e. The Hall–Kier alpha value is -0.410. The molecule has 0 radical (unpaired) electrons. The summed E-state index contributed by atoms with van der Waals surface area (Å²) in [6, 6.07) is 4.35. The highest BCUT2D eigenvalue weighted by Crippen LogP contribution is 2.19. The zero-order valence-corrected chi connectivity index (χ0v) is 10.4. The number of ketones is 1. The summed E-state index contributed by atoms with van der Waals surface area (Å²) < 4.78 is 13.7. The van der Waals surface area contributed by atoms with Gasteiger partial charge >= 0.3 is 0 Å². The molecule has 0 N–H and O–H groups in total. The molecule has 1 rings (SSSR count). The molecule has 82 valence electrons. The second-order valence-electron chi connectivity index (χ2n) is 3.24. The first-order valence-corrected chi connectivity index (χ1v) is 5.98. The van der Waals surface area contributed by atoms with Gasteiger partial charge in [-0.3, -0.25) is 4.79 Å². The molecule has 4 heteroatoms. The quantitative estimate of drug-likeness (QED) is 0.756. The summed E-state index contributed by atoms with van der Waals surface area (Å²) in [6.07, 6.45) is 1.38. The predicted molar refractivity (Wildman–Crippen MR) is 62.8 cm³/mol. The first kappa shape index (κ1) is 12.7. The fourth-order valence-corrected chi connectivity index (χ4v) is 1.76. The van der Waals surface area contributed by atoms with Crippen molar-refractivity contribution in [3.05, 3.63) is 34.1 Å². The van der Waals surface area contributed by atoms with E-state index in [1.807, 2.05) is 0 Å². The summed E-state index contributed by atoms with van der Waals surface area (Å²) in [7, 11) is 0. The third kappa shape index (κ3) is 4.31. The van der Waals surface area contributed by atoms with Crippen LogP contribution in [0.1, 0.15) is 18.4 Å². The molecule has 15 heavy (non-hydrogen) atoms. The summed E-state index contributed by atoms with van der Waals surface area (Å²) in [5, 5.41) is 0. The molecule has 0 aliphatic carbocycles. The van der Waals surface area contributed by atoms with E-state index in [1.54, 1.807) is 6.07 Å². The van der Waals surface area contributed by atoms with Crippen molar-refractivity contribution >= 4 is 33.3 Å². The van der Waals surface area contributed by atoms with Gasteiger partial charge in [-0.05, 0) is 30.2 Å². The van der Waals surface area contributed by atoms with Gasteiger partial charge in [0.2, 0.25) is 0 Å². The van der Waals surface area contributed by atoms with Gasteiger partial charge in [0.15, 0.2) is 0 Å². The smallest absolute Gasteiger partial charge is 0.137 e. The van der Waals surface area contributed by atoms with Crippen LogP contribution in [0.15, 0.2) is 22.7 Å². The number of Topliss-reactive ketones (excluding diaryl/α,β-unsaturated/α-hetero) is 1. The standard InChI is InChI=1S/C11H11BrClFO/c12-11-4-3-9(14)6-8(11)7-10(15)2-1-5-13/h3-4,6H,1-2,5,7H2. The summed E-state index contributed by atoms with van der Waals surface area (Å²) in [6.45, 7) is 0. The van der Waals surface area contributed by atoms with Crippen molar-refractivity contribution in [2.75, 3.05) is 5.88 Å². The highest BCUT2D eigenvalue weighted by Gasteiger charge is 2.07. The zero-order chi connectivity index (χ0) is 11.3. The average molecular weight is 294 g/mol. The van der Waals surface area contributed by atoms with Crippen LogP contribution in [0.25, 0.3) is 0 Å².